The molecule has 0 saturated carbocycles. The van der Waals surface area contributed by atoms with Crippen molar-refractivity contribution >= 4 is 67.2 Å². The van der Waals surface area contributed by atoms with E-state index in [2.05, 4.69) is 15.6 Å². The van der Waals surface area contributed by atoms with E-state index < -0.39 is 32.2 Å². The maximum Gasteiger partial charge on any atom is 0.433 e. The van der Waals surface area contributed by atoms with Gasteiger partial charge in [0.2, 0.25) is 0 Å². The quantitative estimate of drug-likeness (QED) is 0.147. The molecule has 2 amide bonds. The molecule has 0 radical (unpaired) electrons. The number of carbonyl (C=O) groups excluding carboxylic acids is 1. The Kier molecular flexibility index (Phi) is 7.36. The largest absolute Gasteiger partial charge is 0.433 e. The molecule has 0 bridgehead atoms. The Bertz CT molecular complexity index is 2030. The smallest absolute Gasteiger partial charge is 0.404 e. The minimum absolute atomic E-state index is 0.130. The van der Waals surface area contributed by atoms with Gasteiger partial charge in [-0.3, -0.25) is 14.9 Å². The first-order valence-electron chi connectivity index (χ1n) is 11.5. The summed E-state index contributed by atoms with van der Waals surface area (Å²) in [6.07, 6.45) is 0. The second-order valence-corrected chi connectivity index (χ2v) is 12.0. The Morgan fingerprint density at radius 2 is 1.78 bits per heavy atom. The number of hydrogen-bond donors (Lipinski definition) is 4. The number of halogens is 1. The number of nitro groups is 1. The van der Waals surface area contributed by atoms with Crippen LogP contribution in [0.3, 0.4) is 0 Å². The van der Waals surface area contributed by atoms with E-state index in [-0.39, 0.29) is 43.3 Å². The number of amides is 2. The lowest BCUT2D eigenvalue weighted by atomic mass is 10.2. The van der Waals surface area contributed by atoms with Crippen LogP contribution in [0.1, 0.15) is 5.76 Å². The minimum atomic E-state index is -4.12. The third kappa shape index (κ3) is 5.98. The maximum atomic E-state index is 13.2. The first-order valence-corrected chi connectivity index (χ1v) is 14.1. The van der Waals surface area contributed by atoms with Gasteiger partial charge >= 0.3 is 17.6 Å². The van der Waals surface area contributed by atoms with Crippen molar-refractivity contribution in [2.24, 2.45) is 0 Å². The maximum absolute atomic E-state index is 13.2. The lowest BCUT2D eigenvalue weighted by Crippen LogP contribution is -2.34. The topological polar surface area (TPSA) is 198 Å². The molecule has 14 nitrogen and oxygen atoms in total. The van der Waals surface area contributed by atoms with Gasteiger partial charge in [0.1, 0.15) is 14.9 Å². The fraction of sp³-hybridized carbons (Fsp3) is 0.0417. The van der Waals surface area contributed by atoms with Gasteiger partial charge in [0.25, 0.3) is 15.6 Å². The molecule has 0 atom stereocenters. The highest BCUT2D eigenvalue weighted by atomic mass is 35.5. The first-order chi connectivity index (χ1) is 19.5. The van der Waals surface area contributed by atoms with E-state index in [1.807, 2.05) is 4.72 Å². The Labute approximate surface area is 238 Å². The number of urea groups is 1. The molecule has 0 unspecified atom stereocenters. The number of nitrogens with one attached hydrogen (secondary N) is 4. The van der Waals surface area contributed by atoms with Crippen LogP contribution >= 0.6 is 22.9 Å². The lowest BCUT2D eigenvalue weighted by molar-refractivity contribution is -0.402. The second-order valence-electron chi connectivity index (χ2n) is 8.35. The number of thiophene rings is 1. The number of carbonyl (C=O) groups is 1. The van der Waals surface area contributed by atoms with E-state index in [4.69, 9.17) is 16.0 Å². The molecule has 2 aromatic carbocycles. The molecule has 17 heteroatoms. The molecular formula is C24H17ClN6O8S2. The van der Waals surface area contributed by atoms with Crippen molar-refractivity contribution in [3.05, 3.63) is 108 Å². The summed E-state index contributed by atoms with van der Waals surface area (Å²) in [6, 6.07) is 14.6. The van der Waals surface area contributed by atoms with Gasteiger partial charge in [-0.2, -0.15) is 0 Å². The molecule has 5 rings (SSSR count). The number of aromatic amines is 1. The van der Waals surface area contributed by atoms with Crippen LogP contribution in [0.4, 0.5) is 22.1 Å². The molecule has 210 valence electrons. The van der Waals surface area contributed by atoms with E-state index in [0.29, 0.717) is 11.4 Å². The zero-order chi connectivity index (χ0) is 29.3. The summed E-state index contributed by atoms with van der Waals surface area (Å²) in [5.41, 5.74) is -0.131. The number of furan rings is 1. The number of nitrogens with zero attached hydrogens (tertiary/aromatic N) is 2. The molecule has 0 spiro atoms. The Morgan fingerprint density at radius 1 is 1.05 bits per heavy atom. The molecule has 0 fully saturated rings. The van der Waals surface area contributed by atoms with Gasteiger partial charge in [-0.15, -0.1) is 11.3 Å². The molecular weight excluding hydrogens is 600 g/mol. The summed E-state index contributed by atoms with van der Waals surface area (Å²) in [6.45, 7) is 0.132. The first kappa shape index (κ1) is 27.6. The van der Waals surface area contributed by atoms with Crippen LogP contribution in [0.2, 0.25) is 4.34 Å². The minimum Gasteiger partial charge on any atom is -0.404 e. The van der Waals surface area contributed by atoms with Gasteiger partial charge in [-0.25, -0.2) is 27.3 Å². The van der Waals surface area contributed by atoms with Crippen LogP contribution in [-0.4, -0.2) is 28.9 Å². The number of H-pyrrole nitrogens is 1. The summed E-state index contributed by atoms with van der Waals surface area (Å²) in [7, 11) is -4.12. The van der Waals surface area contributed by atoms with Crippen molar-refractivity contribution < 1.29 is 22.6 Å². The Hall–Kier alpha value is -4.93. The van der Waals surface area contributed by atoms with E-state index >= 15 is 0 Å². The van der Waals surface area contributed by atoms with Gasteiger partial charge in [0.05, 0.1) is 33.5 Å². The second kappa shape index (κ2) is 10.9. The fourth-order valence-corrected chi connectivity index (χ4v) is 6.17. The number of aromatic nitrogens is 2. The van der Waals surface area contributed by atoms with E-state index in [0.717, 1.165) is 15.9 Å². The fourth-order valence-electron chi connectivity index (χ4n) is 3.78. The van der Waals surface area contributed by atoms with Crippen LogP contribution in [-0.2, 0) is 16.6 Å². The standard InChI is InChI=1S/C24H17ClN6O8S2/c25-19-8-10-21(40-19)41(37,38)29-23(33)27-13-1-4-15(5-2-13)30-22(32)17-7-3-14(11-18(17)28-24(30)34)26-12-16-6-9-20(39-16)31(35)36/h1-11,26H,12H2,(H,28,34)(H2,27,29,33). The molecule has 3 aromatic heterocycles. The van der Waals surface area contributed by atoms with E-state index in [1.54, 1.807) is 12.1 Å². The van der Waals surface area contributed by atoms with E-state index in [9.17, 15) is 32.9 Å². The third-order valence-electron chi connectivity index (χ3n) is 5.62. The van der Waals surface area contributed by atoms with Crippen molar-refractivity contribution in [1.82, 2.24) is 14.3 Å². The van der Waals surface area contributed by atoms with Gasteiger partial charge in [-0.1, -0.05) is 11.6 Å². The number of hydrogen-bond acceptors (Lipinski definition) is 10. The SMILES string of the molecule is O=C(Nc1ccc(-n2c(=O)[nH]c3cc(NCc4ccc([N+](=O)[O-])o4)ccc3c2=O)cc1)NS(=O)(=O)c1ccc(Cl)s1. The van der Waals surface area contributed by atoms with Crippen LogP contribution in [0.25, 0.3) is 16.6 Å². The van der Waals surface area contributed by atoms with Gasteiger partial charge < -0.3 is 20.0 Å². The predicted octanol–water partition coefficient (Wildman–Crippen LogP) is 4.02. The van der Waals surface area contributed by atoms with E-state index in [1.165, 1.54) is 54.6 Å². The van der Waals surface area contributed by atoms with Crippen molar-refractivity contribution in [1.29, 1.82) is 0 Å². The van der Waals surface area contributed by atoms with Crippen molar-refractivity contribution in [2.75, 3.05) is 10.6 Å². The molecule has 0 saturated heterocycles. The summed E-state index contributed by atoms with van der Waals surface area (Å²) >= 11 is 6.55. The highest BCUT2D eigenvalue weighted by Gasteiger charge is 2.20. The number of anilines is 2. The van der Waals surface area contributed by atoms with Crippen LogP contribution in [0, 0.1) is 10.1 Å². The number of sulfonamides is 1. The van der Waals surface area contributed by atoms with Crippen molar-refractivity contribution in [3.63, 3.8) is 0 Å². The number of rotatable bonds is 8. The lowest BCUT2D eigenvalue weighted by Gasteiger charge is -2.10. The summed E-state index contributed by atoms with van der Waals surface area (Å²) in [5.74, 6) is -0.0599. The number of fused-ring (bicyclic) bond motifs is 1. The zero-order valence-electron chi connectivity index (χ0n) is 20.4. The third-order valence-corrected chi connectivity index (χ3v) is 8.67. The Morgan fingerprint density at radius 3 is 2.44 bits per heavy atom. The molecule has 0 aliphatic carbocycles. The van der Waals surface area contributed by atoms with Crippen molar-refractivity contribution in [3.8, 4) is 5.69 Å². The van der Waals surface area contributed by atoms with Gasteiger partial charge in [0.15, 0.2) is 0 Å². The number of benzene rings is 2. The highest BCUT2D eigenvalue weighted by molar-refractivity contribution is 7.92. The Balaban J connectivity index is 1.31. The molecule has 0 aliphatic heterocycles. The summed E-state index contributed by atoms with van der Waals surface area (Å²) < 4.78 is 32.6. The highest BCUT2D eigenvalue weighted by Crippen LogP contribution is 2.25. The average molecular weight is 617 g/mol. The van der Waals surface area contributed by atoms with Crippen LogP contribution < -0.4 is 26.6 Å². The van der Waals surface area contributed by atoms with Crippen LogP contribution in [0.15, 0.2) is 84.9 Å². The monoisotopic (exact) mass is 616 g/mol. The van der Waals surface area contributed by atoms with Gasteiger partial charge in [0, 0.05) is 11.4 Å². The average Bonchev–Trinajstić information content (AvgIpc) is 3.58. The predicted molar refractivity (Wildman–Crippen MR) is 152 cm³/mol. The normalized spacial score (nSPS) is 11.3. The van der Waals surface area contributed by atoms with Crippen molar-refractivity contribution in [2.45, 2.75) is 10.8 Å². The zero-order valence-corrected chi connectivity index (χ0v) is 22.8. The molecule has 41 heavy (non-hydrogen) atoms. The molecule has 4 N–H and O–H groups in total. The van der Waals surface area contributed by atoms with Gasteiger partial charge in [-0.05, 0) is 60.7 Å². The summed E-state index contributed by atoms with van der Waals surface area (Å²) in [5, 5.41) is 16.4. The molecule has 0 aliphatic rings. The summed E-state index contributed by atoms with van der Waals surface area (Å²) in [4.78, 5) is 51.0. The van der Waals surface area contributed by atoms with Crippen LogP contribution in [0.5, 0.6) is 0 Å². The molecule has 3 heterocycles. The molecule has 5 aromatic rings.